The zero-order valence-electron chi connectivity index (χ0n) is 12.5. The molecule has 1 aromatic rings. The van der Waals surface area contributed by atoms with E-state index in [0.29, 0.717) is 12.0 Å². The van der Waals surface area contributed by atoms with Gasteiger partial charge in [-0.15, -0.1) is 0 Å². The monoisotopic (exact) mass is 261 g/mol. The largest absolute Gasteiger partial charge is 0.393 e. The van der Waals surface area contributed by atoms with Gasteiger partial charge in [-0.3, -0.25) is 4.90 Å². The molecule has 0 unspecified atom stereocenters. The summed E-state index contributed by atoms with van der Waals surface area (Å²) in [5.41, 5.74) is 2.80. The topological polar surface area (TPSA) is 23.5 Å². The van der Waals surface area contributed by atoms with Crippen LogP contribution >= 0.6 is 0 Å². The van der Waals surface area contributed by atoms with Gasteiger partial charge in [-0.2, -0.15) is 0 Å². The summed E-state index contributed by atoms with van der Waals surface area (Å²) in [4.78, 5) is 2.44. The molecule has 2 nitrogen and oxygen atoms in total. The summed E-state index contributed by atoms with van der Waals surface area (Å²) in [5, 5.41) is 9.56. The van der Waals surface area contributed by atoms with Crippen molar-refractivity contribution >= 4 is 0 Å². The molecule has 0 radical (unpaired) electrons. The Hall–Kier alpha value is -0.860. The highest BCUT2D eigenvalue weighted by Gasteiger charge is 2.22. The van der Waals surface area contributed by atoms with Crippen molar-refractivity contribution in [3.05, 3.63) is 35.4 Å². The first-order valence-corrected chi connectivity index (χ1v) is 7.53. The highest BCUT2D eigenvalue weighted by molar-refractivity contribution is 5.24. The maximum Gasteiger partial charge on any atom is 0.0541 e. The van der Waals surface area contributed by atoms with Gasteiger partial charge in [-0.1, -0.05) is 38.1 Å². The van der Waals surface area contributed by atoms with E-state index in [2.05, 4.69) is 50.1 Å². The Morgan fingerprint density at radius 2 is 1.68 bits per heavy atom. The Kier molecular flexibility index (Phi) is 5.00. The molecule has 0 bridgehead atoms. The summed E-state index contributed by atoms with van der Waals surface area (Å²) < 4.78 is 0. The van der Waals surface area contributed by atoms with Crippen molar-refractivity contribution in [1.82, 2.24) is 4.90 Å². The molecule has 0 heterocycles. The standard InChI is InChI=1S/C17H27NO/c1-13(2)15-6-4-14(5-7-15)12-18(3)16-8-10-17(19)11-9-16/h4-7,13,16-17,19H,8-12H2,1-3H3. The molecule has 0 amide bonds. The van der Waals surface area contributed by atoms with Gasteiger partial charge in [0.15, 0.2) is 0 Å². The molecule has 0 atom stereocenters. The SMILES string of the molecule is CC(C)c1ccc(CN(C)C2CCC(O)CC2)cc1. The average molecular weight is 261 g/mol. The van der Waals surface area contributed by atoms with E-state index >= 15 is 0 Å². The molecule has 1 aliphatic carbocycles. The smallest absolute Gasteiger partial charge is 0.0541 e. The van der Waals surface area contributed by atoms with Gasteiger partial charge in [0.05, 0.1) is 6.10 Å². The van der Waals surface area contributed by atoms with Crippen molar-refractivity contribution in [2.75, 3.05) is 7.05 Å². The zero-order valence-corrected chi connectivity index (χ0v) is 12.5. The Bertz CT molecular complexity index is 377. The van der Waals surface area contributed by atoms with Gasteiger partial charge in [-0.05, 0) is 49.8 Å². The molecule has 1 aromatic carbocycles. The van der Waals surface area contributed by atoms with Gasteiger partial charge in [0.2, 0.25) is 0 Å². The first-order chi connectivity index (χ1) is 9.06. The van der Waals surface area contributed by atoms with Crippen molar-refractivity contribution in [3.8, 4) is 0 Å². The third-order valence-electron chi connectivity index (χ3n) is 4.37. The molecule has 0 aromatic heterocycles. The van der Waals surface area contributed by atoms with Crippen molar-refractivity contribution in [3.63, 3.8) is 0 Å². The average Bonchev–Trinajstić information content (AvgIpc) is 2.40. The minimum Gasteiger partial charge on any atom is -0.393 e. The van der Waals surface area contributed by atoms with Crippen LogP contribution in [0.15, 0.2) is 24.3 Å². The Balaban J connectivity index is 1.89. The maximum absolute atomic E-state index is 9.56. The summed E-state index contributed by atoms with van der Waals surface area (Å²) in [6.45, 7) is 5.47. The van der Waals surface area contributed by atoms with Crippen LogP contribution in [0.2, 0.25) is 0 Å². The van der Waals surface area contributed by atoms with Crippen LogP contribution in [0.5, 0.6) is 0 Å². The lowest BCUT2D eigenvalue weighted by atomic mass is 9.92. The lowest BCUT2D eigenvalue weighted by molar-refractivity contribution is 0.0818. The zero-order chi connectivity index (χ0) is 13.8. The predicted molar refractivity (Wildman–Crippen MR) is 80.3 cm³/mol. The molecule has 1 aliphatic rings. The van der Waals surface area contributed by atoms with Crippen molar-refractivity contribution in [2.24, 2.45) is 0 Å². The molecule has 19 heavy (non-hydrogen) atoms. The summed E-state index contributed by atoms with van der Waals surface area (Å²) in [7, 11) is 2.21. The van der Waals surface area contributed by atoms with E-state index < -0.39 is 0 Å². The van der Waals surface area contributed by atoms with Gasteiger partial charge < -0.3 is 5.11 Å². The van der Waals surface area contributed by atoms with E-state index in [1.165, 1.54) is 11.1 Å². The Morgan fingerprint density at radius 3 is 2.21 bits per heavy atom. The molecular formula is C17H27NO. The van der Waals surface area contributed by atoms with Gasteiger partial charge in [-0.25, -0.2) is 0 Å². The van der Waals surface area contributed by atoms with E-state index in [0.717, 1.165) is 32.2 Å². The molecular weight excluding hydrogens is 234 g/mol. The number of rotatable bonds is 4. The molecule has 106 valence electrons. The molecule has 2 rings (SSSR count). The first kappa shape index (κ1) is 14.5. The quantitative estimate of drug-likeness (QED) is 0.896. The van der Waals surface area contributed by atoms with Crippen molar-refractivity contribution in [2.45, 2.75) is 64.1 Å². The fourth-order valence-electron chi connectivity index (χ4n) is 2.92. The lowest BCUT2D eigenvalue weighted by Gasteiger charge is -2.33. The third-order valence-corrected chi connectivity index (χ3v) is 4.37. The normalized spacial score (nSPS) is 24.1. The third kappa shape index (κ3) is 4.05. The Morgan fingerprint density at radius 1 is 1.11 bits per heavy atom. The molecule has 0 aliphatic heterocycles. The van der Waals surface area contributed by atoms with E-state index in [1.807, 2.05) is 0 Å². The van der Waals surface area contributed by atoms with Crippen LogP contribution in [0.25, 0.3) is 0 Å². The Labute approximate surface area is 117 Å². The van der Waals surface area contributed by atoms with Gasteiger partial charge in [0.1, 0.15) is 0 Å². The summed E-state index contributed by atoms with van der Waals surface area (Å²) in [6.07, 6.45) is 4.11. The van der Waals surface area contributed by atoms with Crippen LogP contribution in [0.4, 0.5) is 0 Å². The van der Waals surface area contributed by atoms with Gasteiger partial charge in [0.25, 0.3) is 0 Å². The molecule has 0 spiro atoms. The molecule has 1 saturated carbocycles. The number of benzene rings is 1. The highest BCUT2D eigenvalue weighted by Crippen LogP contribution is 2.23. The summed E-state index contributed by atoms with van der Waals surface area (Å²) in [6, 6.07) is 9.64. The van der Waals surface area contributed by atoms with Crippen LogP contribution in [-0.4, -0.2) is 29.2 Å². The van der Waals surface area contributed by atoms with Gasteiger partial charge >= 0.3 is 0 Å². The van der Waals surface area contributed by atoms with Crippen LogP contribution in [0, 0.1) is 0 Å². The number of nitrogens with zero attached hydrogens (tertiary/aromatic N) is 1. The number of aliphatic hydroxyl groups excluding tert-OH is 1. The molecule has 2 heteroatoms. The van der Waals surface area contributed by atoms with E-state index in [4.69, 9.17) is 0 Å². The van der Waals surface area contributed by atoms with E-state index in [1.54, 1.807) is 0 Å². The van der Waals surface area contributed by atoms with Crippen molar-refractivity contribution in [1.29, 1.82) is 0 Å². The van der Waals surface area contributed by atoms with Crippen molar-refractivity contribution < 1.29 is 5.11 Å². The minimum atomic E-state index is -0.0602. The molecule has 1 fully saturated rings. The minimum absolute atomic E-state index is 0.0602. The van der Waals surface area contributed by atoms with Crippen LogP contribution < -0.4 is 0 Å². The summed E-state index contributed by atoms with van der Waals surface area (Å²) in [5.74, 6) is 0.603. The number of aliphatic hydroxyl groups is 1. The van der Waals surface area contributed by atoms with E-state index in [-0.39, 0.29) is 6.10 Å². The fourth-order valence-corrected chi connectivity index (χ4v) is 2.92. The second kappa shape index (κ2) is 6.53. The second-order valence-electron chi connectivity index (χ2n) is 6.27. The van der Waals surface area contributed by atoms with Gasteiger partial charge in [0, 0.05) is 12.6 Å². The highest BCUT2D eigenvalue weighted by atomic mass is 16.3. The number of hydrogen-bond donors (Lipinski definition) is 1. The second-order valence-corrected chi connectivity index (χ2v) is 6.27. The molecule has 0 saturated heterocycles. The fraction of sp³-hybridized carbons (Fsp3) is 0.647. The summed E-state index contributed by atoms with van der Waals surface area (Å²) >= 11 is 0. The first-order valence-electron chi connectivity index (χ1n) is 7.53. The number of hydrogen-bond acceptors (Lipinski definition) is 2. The van der Waals surface area contributed by atoms with Crippen LogP contribution in [-0.2, 0) is 6.54 Å². The maximum atomic E-state index is 9.56. The molecule has 1 N–H and O–H groups in total. The van der Waals surface area contributed by atoms with Crippen LogP contribution in [0.3, 0.4) is 0 Å². The predicted octanol–water partition coefficient (Wildman–Crippen LogP) is 3.55. The van der Waals surface area contributed by atoms with E-state index in [9.17, 15) is 5.11 Å². The lowest BCUT2D eigenvalue weighted by Crippen LogP contribution is -2.35. The van der Waals surface area contributed by atoms with Crippen LogP contribution in [0.1, 0.15) is 56.6 Å².